The minimum atomic E-state index is -2.08. The van der Waals surface area contributed by atoms with Crippen LogP contribution in [0.1, 0.15) is 6.42 Å². The van der Waals surface area contributed by atoms with E-state index < -0.39 is 5.69 Å². The zero-order chi connectivity index (χ0) is 10.7. The highest BCUT2D eigenvalue weighted by Crippen LogP contribution is 2.58. The number of hydrogen-bond acceptors (Lipinski definition) is 3. The van der Waals surface area contributed by atoms with Crippen LogP contribution >= 0.6 is 16.9 Å². The zero-order valence-electron chi connectivity index (χ0n) is 8.60. The first-order valence-corrected chi connectivity index (χ1v) is 8.78. The highest BCUT2D eigenvalue weighted by Gasteiger charge is 2.32. The van der Waals surface area contributed by atoms with Crippen molar-refractivity contribution in [2.75, 3.05) is 46.2 Å². The highest BCUT2D eigenvalue weighted by molar-refractivity contribution is 8.24. The monoisotopic (exact) mass is 270 g/mol. The lowest BCUT2D eigenvalue weighted by Gasteiger charge is -2.41. The van der Waals surface area contributed by atoms with Crippen molar-refractivity contribution in [3.05, 3.63) is 0 Å². The van der Waals surface area contributed by atoms with Crippen molar-refractivity contribution in [3.8, 4) is 0 Å². The average molecular weight is 271 g/mol. The third kappa shape index (κ3) is 2.91. The smallest absolute Gasteiger partial charge is 0.166 e. The van der Waals surface area contributed by atoms with Gasteiger partial charge in [0, 0.05) is 26.2 Å². The van der Waals surface area contributed by atoms with Gasteiger partial charge in [0.05, 0.1) is 13.2 Å². The lowest BCUT2D eigenvalue weighted by Crippen LogP contribution is -2.40. The Morgan fingerprint density at radius 1 is 1.00 bits per heavy atom. The van der Waals surface area contributed by atoms with E-state index in [9.17, 15) is 0 Å². The molecule has 1 unspecified atom stereocenters. The summed E-state index contributed by atoms with van der Waals surface area (Å²) in [6.45, 7) is 5.52. The largest absolute Gasteiger partial charge is 0.379 e. The molecule has 0 aliphatic carbocycles. The molecule has 0 amide bonds. The number of rotatable bonds is 2. The highest BCUT2D eigenvalue weighted by atomic mass is 35.7. The van der Waals surface area contributed by atoms with Gasteiger partial charge < -0.3 is 9.47 Å². The number of nitrogens with zero attached hydrogens (tertiary/aromatic N) is 2. The first kappa shape index (κ1) is 12.2. The third-order valence-corrected chi connectivity index (χ3v) is 7.41. The summed E-state index contributed by atoms with van der Waals surface area (Å²) in [5.41, 5.74) is -2.08. The summed E-state index contributed by atoms with van der Waals surface area (Å²) in [6.07, 6.45) is 1.02. The van der Waals surface area contributed by atoms with Gasteiger partial charge in [0.15, 0.2) is 5.69 Å². The second-order valence-electron chi connectivity index (χ2n) is 3.66. The summed E-state index contributed by atoms with van der Waals surface area (Å²) in [6, 6.07) is 0. The number of halogens is 1. The Hall–Kier alpha value is 0.780. The Labute approximate surface area is 100 Å². The Morgan fingerprint density at radius 2 is 1.73 bits per heavy atom. The molecule has 2 rings (SSSR count). The maximum atomic E-state index is 6.54. The topological polar surface area (TPSA) is 24.9 Å². The number of hydrogen-bond donors (Lipinski definition) is 0. The molecule has 0 saturated carbocycles. The van der Waals surface area contributed by atoms with E-state index in [2.05, 4.69) is 9.34 Å². The summed E-state index contributed by atoms with van der Waals surface area (Å²) in [4.78, 5) is 0. The Morgan fingerprint density at radius 3 is 2.33 bits per heavy atom. The summed E-state index contributed by atoms with van der Waals surface area (Å²) < 4.78 is 15.0. The number of morpholine rings is 1. The molecule has 0 spiro atoms. The molecule has 2 aliphatic rings. The van der Waals surface area contributed by atoms with Crippen LogP contribution in [0.5, 0.6) is 0 Å². The Bertz CT molecular complexity index is 235. The van der Waals surface area contributed by atoms with Gasteiger partial charge >= 0.3 is 0 Å². The molecule has 0 aromatic rings. The standard InChI is InChI=1S/C8H16ClN2O2PS/c9-14(15,10-3-6-12-7-4-10)11-2-1-5-13-8-11/h1-8H2. The SMILES string of the molecule is S=P(Cl)(N1CCOCC1)N1CCCOC1. The molecule has 4 nitrogen and oxygen atoms in total. The van der Waals surface area contributed by atoms with E-state index in [1.807, 2.05) is 0 Å². The van der Waals surface area contributed by atoms with Gasteiger partial charge in [-0.1, -0.05) is 11.2 Å². The van der Waals surface area contributed by atoms with Crippen molar-refractivity contribution in [2.24, 2.45) is 0 Å². The second-order valence-corrected chi connectivity index (χ2v) is 9.28. The van der Waals surface area contributed by atoms with Gasteiger partial charge in [-0.05, 0) is 18.2 Å². The van der Waals surface area contributed by atoms with Crippen LogP contribution in [-0.4, -0.2) is 55.5 Å². The molecule has 0 aromatic carbocycles. The second kappa shape index (κ2) is 5.41. The fourth-order valence-electron chi connectivity index (χ4n) is 1.76. The molecule has 0 bridgehead atoms. The van der Waals surface area contributed by atoms with Crippen LogP contribution in [0.4, 0.5) is 0 Å². The van der Waals surface area contributed by atoms with Crippen LogP contribution in [0.2, 0.25) is 0 Å². The molecule has 0 aromatic heterocycles. The molecule has 15 heavy (non-hydrogen) atoms. The molecular weight excluding hydrogens is 255 g/mol. The molecule has 7 heteroatoms. The van der Waals surface area contributed by atoms with Crippen LogP contribution in [0.3, 0.4) is 0 Å². The van der Waals surface area contributed by atoms with Crippen molar-refractivity contribution < 1.29 is 9.47 Å². The number of ether oxygens (including phenoxy) is 2. The molecule has 2 fully saturated rings. The van der Waals surface area contributed by atoms with E-state index in [-0.39, 0.29) is 0 Å². The fraction of sp³-hybridized carbons (Fsp3) is 1.00. The molecule has 0 N–H and O–H groups in total. The van der Waals surface area contributed by atoms with E-state index >= 15 is 0 Å². The van der Waals surface area contributed by atoms with Gasteiger partial charge in [0.1, 0.15) is 6.73 Å². The van der Waals surface area contributed by atoms with E-state index in [0.717, 1.165) is 45.9 Å². The zero-order valence-corrected chi connectivity index (χ0v) is 11.1. The molecule has 1 atom stereocenters. The quantitative estimate of drug-likeness (QED) is 0.708. The van der Waals surface area contributed by atoms with Crippen LogP contribution in [0.25, 0.3) is 0 Å². The van der Waals surface area contributed by atoms with Gasteiger partial charge in [0.2, 0.25) is 0 Å². The predicted molar refractivity (Wildman–Crippen MR) is 64.7 cm³/mol. The molecule has 0 radical (unpaired) electrons. The van der Waals surface area contributed by atoms with Gasteiger partial charge in [-0.2, -0.15) is 0 Å². The van der Waals surface area contributed by atoms with Crippen molar-refractivity contribution >= 4 is 28.7 Å². The van der Waals surface area contributed by atoms with Gasteiger partial charge in [0.25, 0.3) is 0 Å². The molecular formula is C8H16ClN2O2PS. The summed E-state index contributed by atoms with van der Waals surface area (Å²) >= 11 is 12.1. The van der Waals surface area contributed by atoms with Crippen molar-refractivity contribution in [3.63, 3.8) is 0 Å². The van der Waals surface area contributed by atoms with E-state index in [0.29, 0.717) is 6.73 Å². The lowest BCUT2D eigenvalue weighted by molar-refractivity contribution is 0.0264. The summed E-state index contributed by atoms with van der Waals surface area (Å²) in [5, 5.41) is 0. The first-order valence-electron chi connectivity index (χ1n) is 5.17. The maximum Gasteiger partial charge on any atom is 0.166 e. The average Bonchev–Trinajstić information content (AvgIpc) is 2.31. The van der Waals surface area contributed by atoms with Gasteiger partial charge in [-0.3, -0.25) is 0 Å². The van der Waals surface area contributed by atoms with E-state index in [1.54, 1.807) is 0 Å². The molecule has 2 aliphatic heterocycles. The van der Waals surface area contributed by atoms with Crippen molar-refractivity contribution in [2.45, 2.75) is 6.42 Å². The Balaban J connectivity index is 1.99. The van der Waals surface area contributed by atoms with Gasteiger partial charge in [-0.15, -0.1) is 0 Å². The molecule has 2 saturated heterocycles. The lowest BCUT2D eigenvalue weighted by atomic mass is 10.4. The Kier molecular flexibility index (Phi) is 4.41. The minimum Gasteiger partial charge on any atom is -0.379 e. The van der Waals surface area contributed by atoms with E-state index in [4.69, 9.17) is 32.5 Å². The first-order chi connectivity index (χ1) is 7.21. The van der Waals surface area contributed by atoms with Crippen LogP contribution in [0, 0.1) is 0 Å². The van der Waals surface area contributed by atoms with Crippen molar-refractivity contribution in [1.29, 1.82) is 0 Å². The van der Waals surface area contributed by atoms with E-state index in [1.165, 1.54) is 0 Å². The molecule has 88 valence electrons. The van der Waals surface area contributed by atoms with Gasteiger partial charge in [-0.25, -0.2) is 9.34 Å². The third-order valence-electron chi connectivity index (χ3n) is 2.63. The fourth-order valence-corrected chi connectivity index (χ4v) is 5.07. The minimum absolute atomic E-state index is 0.581. The molecule has 2 heterocycles. The van der Waals surface area contributed by atoms with Crippen LogP contribution in [-0.2, 0) is 21.3 Å². The summed E-state index contributed by atoms with van der Waals surface area (Å²) in [5.74, 6) is 0. The normalized spacial score (nSPS) is 29.9. The van der Waals surface area contributed by atoms with Crippen LogP contribution < -0.4 is 0 Å². The van der Waals surface area contributed by atoms with Crippen LogP contribution in [0.15, 0.2) is 0 Å². The van der Waals surface area contributed by atoms with Crippen molar-refractivity contribution in [1.82, 2.24) is 9.34 Å². The maximum absolute atomic E-state index is 6.54. The predicted octanol–water partition coefficient (Wildman–Crippen LogP) is 1.46. The summed E-state index contributed by atoms with van der Waals surface area (Å²) in [7, 11) is 0.